The van der Waals surface area contributed by atoms with Crippen LogP contribution < -0.4 is 5.32 Å². The van der Waals surface area contributed by atoms with Crippen molar-refractivity contribution in [3.05, 3.63) is 47.8 Å². The van der Waals surface area contributed by atoms with Crippen molar-refractivity contribution in [3.8, 4) is 0 Å². The Bertz CT molecular complexity index is 593. The largest absolute Gasteiger partial charge is 0.462 e. The number of H-pyrrole nitrogens is 1. The Labute approximate surface area is 116 Å². The summed E-state index contributed by atoms with van der Waals surface area (Å²) in [6.07, 6.45) is 1.74. The number of benzene rings is 1. The molecule has 0 aliphatic rings. The van der Waals surface area contributed by atoms with E-state index < -0.39 is 5.97 Å². The van der Waals surface area contributed by atoms with Crippen molar-refractivity contribution in [2.45, 2.75) is 13.3 Å². The average molecular weight is 273 g/mol. The van der Waals surface area contributed by atoms with Gasteiger partial charge in [-0.1, -0.05) is 12.1 Å². The molecular weight excluding hydrogens is 258 g/mol. The van der Waals surface area contributed by atoms with Crippen LogP contribution in [0.3, 0.4) is 0 Å². The molecule has 0 spiro atoms. The number of esters is 1. The molecule has 0 fully saturated rings. The van der Waals surface area contributed by atoms with E-state index in [4.69, 9.17) is 4.74 Å². The fourth-order valence-electron chi connectivity index (χ4n) is 1.73. The molecule has 0 aliphatic heterocycles. The van der Waals surface area contributed by atoms with Crippen LogP contribution in [-0.4, -0.2) is 28.7 Å². The standard InChI is InChI=1S/C14H15N3O3/c1-2-20-14(19)11-5-3-4-6-12(11)16-13(18)9-10-7-8-15-17-10/h3-8H,2,9H2,1H3,(H,15,17)(H,16,18). The molecule has 6 nitrogen and oxygen atoms in total. The van der Waals surface area contributed by atoms with E-state index in [2.05, 4.69) is 15.5 Å². The smallest absolute Gasteiger partial charge is 0.340 e. The molecule has 104 valence electrons. The minimum atomic E-state index is -0.454. The molecule has 1 aromatic heterocycles. The molecular formula is C14H15N3O3. The van der Waals surface area contributed by atoms with Crippen LogP contribution in [0.5, 0.6) is 0 Å². The fraction of sp³-hybridized carbons (Fsp3) is 0.214. The summed E-state index contributed by atoms with van der Waals surface area (Å²) in [5.41, 5.74) is 1.49. The molecule has 0 saturated carbocycles. The van der Waals surface area contributed by atoms with Gasteiger partial charge < -0.3 is 10.1 Å². The third-order valence-electron chi connectivity index (χ3n) is 2.61. The predicted molar refractivity (Wildman–Crippen MR) is 73.3 cm³/mol. The number of para-hydroxylation sites is 1. The molecule has 1 amide bonds. The summed E-state index contributed by atoms with van der Waals surface area (Å²) < 4.78 is 4.95. The van der Waals surface area contributed by atoms with Gasteiger partial charge >= 0.3 is 5.97 Å². The summed E-state index contributed by atoms with van der Waals surface area (Å²) in [6.45, 7) is 2.02. The summed E-state index contributed by atoms with van der Waals surface area (Å²) in [4.78, 5) is 23.7. The first-order valence-corrected chi connectivity index (χ1v) is 6.25. The van der Waals surface area contributed by atoms with E-state index >= 15 is 0 Å². The van der Waals surface area contributed by atoms with E-state index in [1.165, 1.54) is 0 Å². The normalized spacial score (nSPS) is 10.1. The van der Waals surface area contributed by atoms with Crippen LogP contribution in [0, 0.1) is 0 Å². The summed E-state index contributed by atoms with van der Waals surface area (Å²) in [5.74, 6) is -0.684. The molecule has 0 aliphatic carbocycles. The summed E-state index contributed by atoms with van der Waals surface area (Å²) in [6, 6.07) is 8.46. The Balaban J connectivity index is 2.09. The van der Waals surface area contributed by atoms with E-state index in [-0.39, 0.29) is 18.9 Å². The van der Waals surface area contributed by atoms with Crippen molar-refractivity contribution in [1.82, 2.24) is 10.2 Å². The van der Waals surface area contributed by atoms with Crippen molar-refractivity contribution in [2.24, 2.45) is 0 Å². The van der Waals surface area contributed by atoms with Gasteiger partial charge in [0.25, 0.3) is 0 Å². The Morgan fingerprint density at radius 3 is 2.80 bits per heavy atom. The molecule has 6 heteroatoms. The van der Waals surface area contributed by atoms with Gasteiger partial charge in [0, 0.05) is 11.9 Å². The highest BCUT2D eigenvalue weighted by Crippen LogP contribution is 2.16. The van der Waals surface area contributed by atoms with E-state index in [1.807, 2.05) is 0 Å². The van der Waals surface area contributed by atoms with Gasteiger partial charge in [0.15, 0.2) is 0 Å². The number of carbonyl (C=O) groups is 2. The minimum absolute atomic E-state index is 0.164. The van der Waals surface area contributed by atoms with Gasteiger partial charge in [-0.3, -0.25) is 9.89 Å². The van der Waals surface area contributed by atoms with Crippen molar-refractivity contribution >= 4 is 17.6 Å². The van der Waals surface area contributed by atoms with E-state index in [1.54, 1.807) is 43.5 Å². The van der Waals surface area contributed by atoms with Crippen LogP contribution in [0.25, 0.3) is 0 Å². The van der Waals surface area contributed by atoms with E-state index in [0.29, 0.717) is 16.9 Å². The SMILES string of the molecule is CCOC(=O)c1ccccc1NC(=O)Cc1ccn[nH]1. The first-order valence-electron chi connectivity index (χ1n) is 6.25. The topological polar surface area (TPSA) is 84.1 Å². The summed E-state index contributed by atoms with van der Waals surface area (Å²) in [5, 5.41) is 9.18. The van der Waals surface area contributed by atoms with Crippen LogP contribution in [0.1, 0.15) is 23.0 Å². The second-order valence-electron chi connectivity index (χ2n) is 4.07. The molecule has 1 aromatic carbocycles. The van der Waals surface area contributed by atoms with E-state index in [0.717, 1.165) is 0 Å². The number of carbonyl (C=O) groups excluding carboxylic acids is 2. The molecule has 0 radical (unpaired) electrons. The zero-order valence-corrected chi connectivity index (χ0v) is 11.1. The van der Waals surface area contributed by atoms with Crippen LogP contribution in [0.4, 0.5) is 5.69 Å². The Kier molecular flexibility index (Phi) is 4.49. The minimum Gasteiger partial charge on any atom is -0.462 e. The van der Waals surface area contributed by atoms with E-state index in [9.17, 15) is 9.59 Å². The molecule has 1 heterocycles. The number of nitrogens with one attached hydrogen (secondary N) is 2. The second kappa shape index (κ2) is 6.51. The maximum Gasteiger partial charge on any atom is 0.340 e. The number of aromatic amines is 1. The number of rotatable bonds is 5. The molecule has 2 N–H and O–H groups in total. The van der Waals surface area contributed by atoms with Crippen molar-refractivity contribution < 1.29 is 14.3 Å². The third-order valence-corrected chi connectivity index (χ3v) is 2.61. The van der Waals surface area contributed by atoms with Gasteiger partial charge in [0.1, 0.15) is 0 Å². The van der Waals surface area contributed by atoms with Crippen molar-refractivity contribution in [3.63, 3.8) is 0 Å². The number of aromatic nitrogens is 2. The first-order chi connectivity index (χ1) is 9.70. The second-order valence-corrected chi connectivity index (χ2v) is 4.07. The number of hydrogen-bond acceptors (Lipinski definition) is 4. The highest BCUT2D eigenvalue weighted by atomic mass is 16.5. The predicted octanol–water partition coefficient (Wildman–Crippen LogP) is 1.77. The average Bonchev–Trinajstić information content (AvgIpc) is 2.92. The van der Waals surface area contributed by atoms with Crippen LogP contribution in [0.15, 0.2) is 36.5 Å². The van der Waals surface area contributed by atoms with Crippen molar-refractivity contribution in [2.75, 3.05) is 11.9 Å². The Hall–Kier alpha value is -2.63. The zero-order chi connectivity index (χ0) is 14.4. The van der Waals surface area contributed by atoms with Crippen LogP contribution in [-0.2, 0) is 16.0 Å². The molecule has 0 bridgehead atoms. The fourth-order valence-corrected chi connectivity index (χ4v) is 1.73. The van der Waals surface area contributed by atoms with Gasteiger partial charge in [0.2, 0.25) is 5.91 Å². The Morgan fingerprint density at radius 1 is 1.30 bits per heavy atom. The number of nitrogens with zero attached hydrogens (tertiary/aromatic N) is 1. The van der Waals surface area contributed by atoms with Crippen LogP contribution in [0.2, 0.25) is 0 Å². The van der Waals surface area contributed by atoms with Gasteiger partial charge in [-0.2, -0.15) is 5.10 Å². The molecule has 0 saturated heterocycles. The summed E-state index contributed by atoms with van der Waals surface area (Å²) in [7, 11) is 0. The quantitative estimate of drug-likeness (QED) is 0.813. The number of hydrogen-bond donors (Lipinski definition) is 2. The lowest BCUT2D eigenvalue weighted by Crippen LogP contribution is -2.17. The first kappa shape index (κ1) is 13.8. The van der Waals surface area contributed by atoms with Gasteiger partial charge in [-0.15, -0.1) is 0 Å². The van der Waals surface area contributed by atoms with Crippen molar-refractivity contribution in [1.29, 1.82) is 0 Å². The number of amides is 1. The molecule has 2 rings (SSSR count). The lowest BCUT2D eigenvalue weighted by atomic mass is 10.1. The summed E-state index contributed by atoms with van der Waals surface area (Å²) >= 11 is 0. The lowest BCUT2D eigenvalue weighted by Gasteiger charge is -2.09. The van der Waals surface area contributed by atoms with Crippen LogP contribution >= 0.6 is 0 Å². The highest BCUT2D eigenvalue weighted by molar-refractivity contribution is 6.01. The third kappa shape index (κ3) is 3.44. The lowest BCUT2D eigenvalue weighted by molar-refractivity contribution is -0.115. The zero-order valence-electron chi connectivity index (χ0n) is 11.1. The van der Waals surface area contributed by atoms with Gasteiger partial charge in [0.05, 0.1) is 24.3 Å². The number of anilines is 1. The van der Waals surface area contributed by atoms with Gasteiger partial charge in [-0.05, 0) is 25.1 Å². The Morgan fingerprint density at radius 2 is 2.10 bits per heavy atom. The molecule has 2 aromatic rings. The monoisotopic (exact) mass is 273 g/mol. The maximum absolute atomic E-state index is 11.9. The van der Waals surface area contributed by atoms with Gasteiger partial charge in [-0.25, -0.2) is 4.79 Å². The maximum atomic E-state index is 11.9. The molecule has 0 atom stereocenters. The molecule has 20 heavy (non-hydrogen) atoms. The number of ether oxygens (including phenoxy) is 1. The molecule has 0 unspecified atom stereocenters. The highest BCUT2D eigenvalue weighted by Gasteiger charge is 2.14.